The van der Waals surface area contributed by atoms with Crippen LogP contribution in [0.2, 0.25) is 0 Å². The number of rotatable bonds is 4. The number of aromatic nitrogens is 1. The van der Waals surface area contributed by atoms with E-state index in [1.165, 1.54) is 6.07 Å². The number of anilines is 1. The third-order valence-electron chi connectivity index (χ3n) is 3.73. The zero-order chi connectivity index (χ0) is 14.1. The topological polar surface area (TPSA) is 77.3 Å². The van der Waals surface area contributed by atoms with Gasteiger partial charge in [0.05, 0.1) is 11.0 Å². The molecule has 1 aromatic carbocycles. The lowest BCUT2D eigenvalue weighted by Gasteiger charge is -2.35. The largest absolute Gasteiger partial charge is 0.382 e. The smallest absolute Gasteiger partial charge is 0.295 e. The first-order valence-corrected chi connectivity index (χ1v) is 6.50. The third kappa shape index (κ3) is 2.18. The van der Waals surface area contributed by atoms with Crippen molar-refractivity contribution in [3.8, 4) is 0 Å². The highest BCUT2D eigenvalue weighted by atomic mass is 16.6. The van der Waals surface area contributed by atoms with Gasteiger partial charge < -0.3 is 10.1 Å². The summed E-state index contributed by atoms with van der Waals surface area (Å²) in [6.45, 7) is 0. The molecular weight excluding hydrogens is 258 g/mol. The first-order chi connectivity index (χ1) is 9.69. The lowest BCUT2D eigenvalue weighted by molar-refractivity contribution is -0.383. The quantitative estimate of drug-likeness (QED) is 0.684. The van der Waals surface area contributed by atoms with Gasteiger partial charge in [0, 0.05) is 36.5 Å². The van der Waals surface area contributed by atoms with Crippen LogP contribution in [0.5, 0.6) is 0 Å². The van der Waals surface area contributed by atoms with Gasteiger partial charge in [0.25, 0.3) is 5.69 Å². The van der Waals surface area contributed by atoms with E-state index in [4.69, 9.17) is 4.74 Å². The Balaban J connectivity index is 1.92. The van der Waals surface area contributed by atoms with Gasteiger partial charge in [-0.05, 0) is 18.9 Å². The first kappa shape index (κ1) is 12.8. The standard InChI is InChI=1S/C14H15N3O3/c1-20-10-7-9(8-10)16-12-5-6-15-14-11(12)3-2-4-13(14)17(18)19/h2-6,9-10H,7-8H2,1H3,(H,15,16). The zero-order valence-electron chi connectivity index (χ0n) is 11.1. The molecule has 1 saturated carbocycles. The van der Waals surface area contributed by atoms with Crippen LogP contribution < -0.4 is 5.32 Å². The summed E-state index contributed by atoms with van der Waals surface area (Å²) < 4.78 is 5.25. The molecule has 1 heterocycles. The van der Waals surface area contributed by atoms with Crippen LogP contribution in [0.1, 0.15) is 12.8 Å². The molecule has 6 nitrogen and oxygen atoms in total. The first-order valence-electron chi connectivity index (χ1n) is 6.50. The Morgan fingerprint density at radius 1 is 1.40 bits per heavy atom. The van der Waals surface area contributed by atoms with E-state index in [0.29, 0.717) is 17.7 Å². The second kappa shape index (κ2) is 5.05. The van der Waals surface area contributed by atoms with E-state index >= 15 is 0 Å². The lowest BCUT2D eigenvalue weighted by Crippen LogP contribution is -2.40. The highest BCUT2D eigenvalue weighted by Gasteiger charge is 2.29. The molecule has 0 saturated heterocycles. The van der Waals surface area contributed by atoms with Gasteiger partial charge in [-0.25, -0.2) is 4.98 Å². The number of hydrogen-bond donors (Lipinski definition) is 1. The second-order valence-corrected chi connectivity index (χ2v) is 4.96. The molecule has 0 spiro atoms. The number of methoxy groups -OCH3 is 1. The third-order valence-corrected chi connectivity index (χ3v) is 3.73. The van der Waals surface area contributed by atoms with Gasteiger partial charge in [0.1, 0.15) is 5.52 Å². The van der Waals surface area contributed by atoms with Crippen LogP contribution in [0.4, 0.5) is 11.4 Å². The molecule has 1 fully saturated rings. The number of ether oxygens (including phenoxy) is 1. The summed E-state index contributed by atoms with van der Waals surface area (Å²) in [6.07, 6.45) is 3.82. The summed E-state index contributed by atoms with van der Waals surface area (Å²) in [6, 6.07) is 7.22. The Kier molecular flexibility index (Phi) is 3.23. The number of fused-ring (bicyclic) bond motifs is 1. The van der Waals surface area contributed by atoms with Gasteiger partial charge in [-0.15, -0.1) is 0 Å². The predicted octanol–water partition coefficient (Wildman–Crippen LogP) is 2.73. The van der Waals surface area contributed by atoms with Gasteiger partial charge in [-0.1, -0.05) is 12.1 Å². The number of benzene rings is 1. The van der Waals surface area contributed by atoms with E-state index in [2.05, 4.69) is 10.3 Å². The SMILES string of the molecule is COC1CC(Nc2ccnc3c([N+](=O)[O-])cccc23)C1. The molecule has 20 heavy (non-hydrogen) atoms. The average Bonchev–Trinajstić information content (AvgIpc) is 2.41. The minimum absolute atomic E-state index is 0.0366. The van der Waals surface area contributed by atoms with E-state index < -0.39 is 4.92 Å². The molecule has 0 radical (unpaired) electrons. The van der Waals surface area contributed by atoms with E-state index in [1.807, 2.05) is 12.1 Å². The van der Waals surface area contributed by atoms with Crippen LogP contribution in [0.15, 0.2) is 30.5 Å². The van der Waals surface area contributed by atoms with E-state index in [1.54, 1.807) is 19.4 Å². The molecule has 1 aromatic heterocycles. The fourth-order valence-electron chi connectivity index (χ4n) is 2.53. The van der Waals surface area contributed by atoms with E-state index in [-0.39, 0.29) is 5.69 Å². The van der Waals surface area contributed by atoms with Crippen molar-refractivity contribution < 1.29 is 9.66 Å². The molecule has 1 N–H and O–H groups in total. The molecule has 104 valence electrons. The summed E-state index contributed by atoms with van der Waals surface area (Å²) >= 11 is 0. The van der Waals surface area contributed by atoms with Gasteiger partial charge in [0.2, 0.25) is 0 Å². The molecule has 0 aliphatic heterocycles. The zero-order valence-corrected chi connectivity index (χ0v) is 11.1. The molecule has 1 aliphatic rings. The number of nitrogens with zero attached hydrogens (tertiary/aromatic N) is 2. The van der Waals surface area contributed by atoms with Crippen molar-refractivity contribution in [2.24, 2.45) is 0 Å². The maximum absolute atomic E-state index is 11.0. The van der Waals surface area contributed by atoms with E-state index in [9.17, 15) is 10.1 Å². The minimum atomic E-state index is -0.399. The van der Waals surface area contributed by atoms with Crippen LogP contribution in [-0.2, 0) is 4.74 Å². The Morgan fingerprint density at radius 3 is 2.90 bits per heavy atom. The molecule has 2 aromatic rings. The van der Waals surface area contributed by atoms with Gasteiger partial charge in [-0.3, -0.25) is 10.1 Å². The number of nitrogens with one attached hydrogen (secondary N) is 1. The van der Waals surface area contributed by atoms with Crippen molar-refractivity contribution in [1.29, 1.82) is 0 Å². The Labute approximate surface area is 115 Å². The number of pyridine rings is 1. The lowest BCUT2D eigenvalue weighted by atomic mass is 9.89. The van der Waals surface area contributed by atoms with E-state index in [0.717, 1.165) is 23.9 Å². The van der Waals surface area contributed by atoms with Crippen LogP contribution in [0.25, 0.3) is 10.9 Å². The van der Waals surface area contributed by atoms with Gasteiger partial charge in [-0.2, -0.15) is 0 Å². The van der Waals surface area contributed by atoms with Gasteiger partial charge in [0.15, 0.2) is 0 Å². The van der Waals surface area contributed by atoms with Crippen molar-refractivity contribution >= 4 is 22.3 Å². The molecule has 0 atom stereocenters. The number of nitro groups is 1. The monoisotopic (exact) mass is 273 g/mol. The number of nitro benzene ring substituents is 1. The Morgan fingerprint density at radius 2 is 2.20 bits per heavy atom. The predicted molar refractivity (Wildman–Crippen MR) is 75.8 cm³/mol. The fourth-order valence-corrected chi connectivity index (χ4v) is 2.53. The summed E-state index contributed by atoms with van der Waals surface area (Å²) in [5, 5.41) is 15.2. The highest BCUT2D eigenvalue weighted by Crippen LogP contribution is 2.32. The average molecular weight is 273 g/mol. The van der Waals surface area contributed by atoms with Crippen molar-refractivity contribution in [1.82, 2.24) is 4.98 Å². The maximum atomic E-state index is 11.0. The van der Waals surface area contributed by atoms with Crippen LogP contribution in [-0.4, -0.2) is 29.2 Å². The van der Waals surface area contributed by atoms with Crippen molar-refractivity contribution in [2.45, 2.75) is 25.0 Å². The molecule has 0 unspecified atom stereocenters. The molecule has 0 bridgehead atoms. The molecule has 1 aliphatic carbocycles. The summed E-state index contributed by atoms with van der Waals surface area (Å²) in [4.78, 5) is 14.8. The molecular formula is C14H15N3O3. The summed E-state index contributed by atoms with van der Waals surface area (Å²) in [7, 11) is 1.71. The number of non-ortho nitro benzene ring substituents is 1. The fraction of sp³-hybridized carbons (Fsp3) is 0.357. The summed E-state index contributed by atoms with van der Waals surface area (Å²) in [5.74, 6) is 0. The number of para-hydroxylation sites is 1. The number of hydrogen-bond acceptors (Lipinski definition) is 5. The van der Waals surface area contributed by atoms with Crippen molar-refractivity contribution in [3.63, 3.8) is 0 Å². The molecule has 6 heteroatoms. The maximum Gasteiger partial charge on any atom is 0.295 e. The molecule has 0 amide bonds. The van der Waals surface area contributed by atoms with Crippen molar-refractivity contribution in [3.05, 3.63) is 40.6 Å². The molecule has 3 rings (SSSR count). The van der Waals surface area contributed by atoms with Crippen molar-refractivity contribution in [2.75, 3.05) is 12.4 Å². The van der Waals surface area contributed by atoms with Gasteiger partial charge >= 0.3 is 0 Å². The Hall–Kier alpha value is -2.21. The highest BCUT2D eigenvalue weighted by molar-refractivity contribution is 5.96. The minimum Gasteiger partial charge on any atom is -0.382 e. The van der Waals surface area contributed by atoms with Crippen LogP contribution in [0, 0.1) is 10.1 Å². The normalized spacial score (nSPS) is 21.4. The Bertz CT molecular complexity index is 653. The van der Waals surface area contributed by atoms with Crippen LogP contribution in [0.3, 0.4) is 0 Å². The summed E-state index contributed by atoms with van der Waals surface area (Å²) in [5.41, 5.74) is 1.35. The second-order valence-electron chi connectivity index (χ2n) is 4.96. The van der Waals surface area contributed by atoms with Crippen LogP contribution >= 0.6 is 0 Å².